The van der Waals surface area contributed by atoms with Gasteiger partial charge in [0.15, 0.2) is 0 Å². The summed E-state index contributed by atoms with van der Waals surface area (Å²) in [7, 11) is 0. The summed E-state index contributed by atoms with van der Waals surface area (Å²) in [6.07, 6.45) is 6.52. The molecular formula is C13H25N3O. The maximum Gasteiger partial charge on any atom is 0.318 e. The number of nitrogens with one attached hydrogen (secondary N) is 1. The zero-order valence-corrected chi connectivity index (χ0v) is 11.0. The Morgan fingerprint density at radius 1 is 1.35 bits per heavy atom. The van der Waals surface area contributed by atoms with Crippen molar-refractivity contribution in [3.8, 4) is 0 Å². The summed E-state index contributed by atoms with van der Waals surface area (Å²) in [5, 5.41) is 3.15. The summed E-state index contributed by atoms with van der Waals surface area (Å²) in [6.45, 7) is 5.41. The lowest BCUT2D eigenvalue weighted by molar-refractivity contribution is 0.159. The van der Waals surface area contributed by atoms with Gasteiger partial charge in [-0.2, -0.15) is 0 Å². The van der Waals surface area contributed by atoms with E-state index in [0.717, 1.165) is 6.54 Å². The van der Waals surface area contributed by atoms with Crippen LogP contribution in [0.4, 0.5) is 4.79 Å². The van der Waals surface area contributed by atoms with Gasteiger partial charge in [-0.3, -0.25) is 0 Å². The standard InChI is InChI=1S/C13H25N3O/c1-13(2,9-14)16-8-11(15-12(16)17)10-6-4-3-5-7-10/h10-11H,3-9,14H2,1-2H3,(H,15,17). The molecule has 0 aromatic heterocycles. The first-order valence-corrected chi connectivity index (χ1v) is 6.83. The van der Waals surface area contributed by atoms with Crippen LogP contribution in [0.1, 0.15) is 46.0 Å². The van der Waals surface area contributed by atoms with Crippen molar-refractivity contribution in [2.24, 2.45) is 11.7 Å². The zero-order chi connectivity index (χ0) is 12.5. The smallest absolute Gasteiger partial charge is 0.318 e. The first-order chi connectivity index (χ1) is 8.04. The van der Waals surface area contributed by atoms with E-state index in [1.165, 1.54) is 32.1 Å². The molecule has 0 bridgehead atoms. The van der Waals surface area contributed by atoms with Crippen LogP contribution in [0.25, 0.3) is 0 Å². The molecule has 4 heteroatoms. The summed E-state index contributed by atoms with van der Waals surface area (Å²) < 4.78 is 0. The van der Waals surface area contributed by atoms with Crippen LogP contribution in [0.2, 0.25) is 0 Å². The molecule has 1 aliphatic heterocycles. The fourth-order valence-electron chi connectivity index (χ4n) is 3.00. The Hall–Kier alpha value is -0.770. The normalized spacial score (nSPS) is 27.4. The highest BCUT2D eigenvalue weighted by Crippen LogP contribution is 2.30. The van der Waals surface area contributed by atoms with Crippen LogP contribution in [0.3, 0.4) is 0 Å². The SMILES string of the molecule is CC(C)(CN)N1CC(C2CCCCC2)NC1=O. The van der Waals surface area contributed by atoms with Crippen LogP contribution in [0.5, 0.6) is 0 Å². The number of urea groups is 1. The Labute approximate surface area is 104 Å². The van der Waals surface area contributed by atoms with Crippen molar-refractivity contribution in [1.29, 1.82) is 0 Å². The highest BCUT2D eigenvalue weighted by Gasteiger charge is 2.40. The first-order valence-electron chi connectivity index (χ1n) is 6.83. The van der Waals surface area contributed by atoms with Crippen molar-refractivity contribution < 1.29 is 4.79 Å². The van der Waals surface area contributed by atoms with Crippen molar-refractivity contribution in [2.75, 3.05) is 13.1 Å². The third kappa shape index (κ3) is 2.57. The molecule has 2 aliphatic rings. The zero-order valence-electron chi connectivity index (χ0n) is 11.0. The number of nitrogens with two attached hydrogens (primary N) is 1. The summed E-state index contributed by atoms with van der Waals surface area (Å²) in [4.78, 5) is 13.9. The average molecular weight is 239 g/mol. The molecule has 0 aromatic carbocycles. The summed E-state index contributed by atoms with van der Waals surface area (Å²) in [5.74, 6) is 0.672. The first kappa shape index (κ1) is 12.7. The lowest BCUT2D eigenvalue weighted by Gasteiger charge is -2.34. The molecule has 4 nitrogen and oxygen atoms in total. The van der Waals surface area contributed by atoms with Crippen LogP contribution >= 0.6 is 0 Å². The largest absolute Gasteiger partial charge is 0.333 e. The molecule has 1 saturated carbocycles. The molecule has 98 valence electrons. The number of amides is 2. The highest BCUT2D eigenvalue weighted by molar-refractivity contribution is 5.77. The number of hydrogen-bond donors (Lipinski definition) is 2. The molecular weight excluding hydrogens is 214 g/mol. The fourth-order valence-corrected chi connectivity index (χ4v) is 3.00. The van der Waals surface area contributed by atoms with Gasteiger partial charge in [-0.05, 0) is 32.6 Å². The number of carbonyl (C=O) groups is 1. The number of rotatable bonds is 3. The molecule has 2 amide bonds. The predicted octanol–water partition coefficient (Wildman–Crippen LogP) is 1.70. The number of hydrogen-bond acceptors (Lipinski definition) is 2. The lowest BCUT2D eigenvalue weighted by atomic mass is 9.84. The van der Waals surface area contributed by atoms with Gasteiger partial charge in [0.2, 0.25) is 0 Å². The minimum Gasteiger partial charge on any atom is -0.333 e. The minimum atomic E-state index is -0.229. The Balaban J connectivity index is 1.99. The second kappa shape index (κ2) is 4.84. The molecule has 1 aliphatic carbocycles. The molecule has 0 radical (unpaired) electrons. The van der Waals surface area contributed by atoms with Gasteiger partial charge >= 0.3 is 6.03 Å². The Bertz CT molecular complexity index is 284. The monoisotopic (exact) mass is 239 g/mol. The summed E-state index contributed by atoms with van der Waals surface area (Å²) in [5.41, 5.74) is 5.52. The molecule has 0 aromatic rings. The Morgan fingerprint density at radius 3 is 2.59 bits per heavy atom. The van der Waals surface area contributed by atoms with Gasteiger partial charge in [-0.25, -0.2) is 4.79 Å². The van der Waals surface area contributed by atoms with Crippen LogP contribution in [0.15, 0.2) is 0 Å². The topological polar surface area (TPSA) is 58.4 Å². The Morgan fingerprint density at radius 2 is 2.00 bits per heavy atom. The summed E-state index contributed by atoms with van der Waals surface area (Å²) in [6, 6.07) is 0.407. The van der Waals surface area contributed by atoms with E-state index in [4.69, 9.17) is 5.73 Å². The lowest BCUT2D eigenvalue weighted by Crippen LogP contribution is -2.50. The van der Waals surface area contributed by atoms with E-state index in [1.54, 1.807) is 0 Å². The third-order valence-corrected chi connectivity index (χ3v) is 4.38. The molecule has 1 unspecified atom stereocenters. The average Bonchev–Trinajstić information content (AvgIpc) is 2.73. The summed E-state index contributed by atoms with van der Waals surface area (Å²) >= 11 is 0. The predicted molar refractivity (Wildman–Crippen MR) is 68.7 cm³/mol. The van der Waals surface area contributed by atoms with Gasteiger partial charge in [-0.1, -0.05) is 19.3 Å². The molecule has 0 spiro atoms. The number of nitrogens with zero attached hydrogens (tertiary/aromatic N) is 1. The van der Waals surface area contributed by atoms with Gasteiger partial charge in [0.05, 0.1) is 11.6 Å². The van der Waals surface area contributed by atoms with Crippen LogP contribution in [-0.2, 0) is 0 Å². The Kier molecular flexibility index (Phi) is 3.61. The van der Waals surface area contributed by atoms with Crippen molar-refractivity contribution in [2.45, 2.75) is 57.5 Å². The van der Waals surface area contributed by atoms with E-state index in [2.05, 4.69) is 5.32 Å². The molecule has 17 heavy (non-hydrogen) atoms. The van der Waals surface area contributed by atoms with E-state index in [9.17, 15) is 4.79 Å². The van der Waals surface area contributed by atoms with E-state index < -0.39 is 0 Å². The van der Waals surface area contributed by atoms with Gasteiger partial charge in [0.1, 0.15) is 0 Å². The maximum absolute atomic E-state index is 12.0. The van der Waals surface area contributed by atoms with Crippen LogP contribution < -0.4 is 11.1 Å². The van der Waals surface area contributed by atoms with E-state index >= 15 is 0 Å². The van der Waals surface area contributed by atoms with E-state index in [0.29, 0.717) is 18.5 Å². The molecule has 2 fully saturated rings. The van der Waals surface area contributed by atoms with Gasteiger partial charge in [0, 0.05) is 13.1 Å². The molecule has 1 atom stereocenters. The van der Waals surface area contributed by atoms with E-state index in [-0.39, 0.29) is 11.6 Å². The van der Waals surface area contributed by atoms with Gasteiger partial charge in [0.25, 0.3) is 0 Å². The molecule has 1 heterocycles. The second-order valence-electron chi connectivity index (χ2n) is 6.08. The molecule has 2 rings (SSSR count). The van der Waals surface area contributed by atoms with Crippen molar-refractivity contribution in [3.63, 3.8) is 0 Å². The van der Waals surface area contributed by atoms with Gasteiger partial charge in [-0.15, -0.1) is 0 Å². The maximum atomic E-state index is 12.0. The van der Waals surface area contributed by atoms with Crippen LogP contribution in [0, 0.1) is 5.92 Å². The number of carbonyl (C=O) groups excluding carboxylic acids is 1. The molecule has 1 saturated heterocycles. The highest BCUT2D eigenvalue weighted by atomic mass is 16.2. The second-order valence-corrected chi connectivity index (χ2v) is 6.08. The fraction of sp³-hybridized carbons (Fsp3) is 0.923. The van der Waals surface area contributed by atoms with Crippen LogP contribution in [-0.4, -0.2) is 35.6 Å². The minimum absolute atomic E-state index is 0.0658. The van der Waals surface area contributed by atoms with E-state index in [1.807, 2.05) is 18.7 Å². The third-order valence-electron chi connectivity index (χ3n) is 4.38. The van der Waals surface area contributed by atoms with Crippen molar-refractivity contribution in [1.82, 2.24) is 10.2 Å². The molecule has 3 N–H and O–H groups in total. The van der Waals surface area contributed by atoms with Gasteiger partial charge < -0.3 is 16.0 Å². The van der Waals surface area contributed by atoms with Crippen molar-refractivity contribution in [3.05, 3.63) is 0 Å². The van der Waals surface area contributed by atoms with Crippen molar-refractivity contribution >= 4 is 6.03 Å². The quantitative estimate of drug-likeness (QED) is 0.787.